The van der Waals surface area contributed by atoms with Crippen molar-refractivity contribution >= 4 is 52.7 Å². The van der Waals surface area contributed by atoms with Crippen molar-refractivity contribution in [2.75, 3.05) is 13.1 Å². The quantitative estimate of drug-likeness (QED) is 0.0971. The molecule has 0 aromatic carbocycles. The van der Waals surface area contributed by atoms with E-state index >= 15 is 0 Å². The maximum atomic E-state index is 14.3. The molecule has 0 aromatic rings. The number of carbonyl (C=O) groups excluding carboxylic acids is 5. The number of rotatable bonds is 14. The van der Waals surface area contributed by atoms with Gasteiger partial charge in [-0.1, -0.05) is 37.8 Å². The Hall–Kier alpha value is -2.59. The summed E-state index contributed by atoms with van der Waals surface area (Å²) < 4.78 is -1.19. The Kier molecular flexibility index (Phi) is 10.8. The average molecular weight is 665 g/mol. The lowest BCUT2D eigenvalue weighted by atomic mass is 9.83. The van der Waals surface area contributed by atoms with E-state index in [0.29, 0.717) is 24.7 Å². The van der Waals surface area contributed by atoms with Gasteiger partial charge in [0.15, 0.2) is 0 Å². The standard InChI is InChI=1S/C33H47Cl2N5O5/c1-3-5-12-23(28(41)30(43)36-15-6-4-2)37-29(42)27-25-22(33(25,34)35)18-40(27)31(44)26(20-10-8-7-9-11-20)39-32(45)38-24-17-19-13-14-21(24)16-19/h3-4,19-27H,1-2,5-18H2,(H,36,43)(H,37,42)(H2,38,39,45)/t19?,21?,22-,23-,24?,25-,26-,27-/m0/s1. The molecule has 0 radical (unpaired) electrons. The van der Waals surface area contributed by atoms with Gasteiger partial charge >= 0.3 is 6.03 Å². The minimum Gasteiger partial charge on any atom is -0.349 e. The van der Waals surface area contributed by atoms with Crippen molar-refractivity contribution < 1.29 is 24.0 Å². The van der Waals surface area contributed by atoms with E-state index < -0.39 is 46.0 Å². The molecule has 1 heterocycles. The number of allylic oxidation sites excluding steroid dienone is 1. The smallest absolute Gasteiger partial charge is 0.315 e. The number of urea groups is 1. The SMILES string of the molecule is C=CCCNC(=O)C(=O)[C@H](CCC=C)NC(=O)[C@@H]1[C@@H]2[C@H](CN1C(=O)[C@@H](NC(=O)NC1CC3CCC1C3)C1CCCCC1)C2(Cl)Cl. The number of hydrogen-bond donors (Lipinski definition) is 4. The number of fused-ring (bicyclic) bond motifs is 3. The fraction of sp³-hybridized carbons (Fsp3) is 0.727. The molecular weight excluding hydrogens is 617 g/mol. The molecule has 0 spiro atoms. The maximum Gasteiger partial charge on any atom is 0.315 e. The molecule has 5 fully saturated rings. The Bertz CT molecular complexity index is 1190. The van der Waals surface area contributed by atoms with Crippen LogP contribution in [0.4, 0.5) is 4.79 Å². The predicted octanol–water partition coefficient (Wildman–Crippen LogP) is 3.77. The van der Waals surface area contributed by atoms with Crippen LogP contribution in [0.3, 0.4) is 0 Å². The van der Waals surface area contributed by atoms with Crippen LogP contribution in [0.15, 0.2) is 25.3 Å². The number of amides is 5. The van der Waals surface area contributed by atoms with Gasteiger partial charge in [-0.05, 0) is 69.1 Å². The third kappa shape index (κ3) is 7.37. The summed E-state index contributed by atoms with van der Waals surface area (Å²) in [6.07, 6.45) is 13.4. The normalized spacial score (nSPS) is 30.8. The van der Waals surface area contributed by atoms with Gasteiger partial charge in [-0.3, -0.25) is 19.2 Å². The zero-order chi connectivity index (χ0) is 32.3. The van der Waals surface area contributed by atoms with Crippen molar-refractivity contribution in [3.63, 3.8) is 0 Å². The number of ketones is 1. The Morgan fingerprint density at radius 3 is 2.31 bits per heavy atom. The molecule has 4 N–H and O–H groups in total. The number of piperidine rings is 1. The Morgan fingerprint density at radius 1 is 0.933 bits per heavy atom. The molecule has 0 aromatic heterocycles. The van der Waals surface area contributed by atoms with Crippen molar-refractivity contribution in [2.45, 2.75) is 106 Å². The summed E-state index contributed by atoms with van der Waals surface area (Å²) in [5.41, 5.74) is 0. The van der Waals surface area contributed by atoms with Gasteiger partial charge < -0.3 is 26.2 Å². The van der Waals surface area contributed by atoms with E-state index in [0.717, 1.165) is 51.4 Å². The molecule has 45 heavy (non-hydrogen) atoms. The van der Waals surface area contributed by atoms with E-state index in [2.05, 4.69) is 34.4 Å². The number of nitrogens with one attached hydrogen (secondary N) is 4. The van der Waals surface area contributed by atoms with Gasteiger partial charge in [0.2, 0.25) is 17.6 Å². The summed E-state index contributed by atoms with van der Waals surface area (Å²) in [6, 6.07) is -3.18. The van der Waals surface area contributed by atoms with E-state index in [-0.39, 0.29) is 49.3 Å². The predicted molar refractivity (Wildman–Crippen MR) is 172 cm³/mol. The third-order valence-corrected chi connectivity index (χ3v) is 11.8. The zero-order valence-electron chi connectivity index (χ0n) is 25.9. The van der Waals surface area contributed by atoms with Crippen molar-refractivity contribution in [3.8, 4) is 0 Å². The van der Waals surface area contributed by atoms with Gasteiger partial charge in [0.1, 0.15) is 16.4 Å². The first-order valence-corrected chi connectivity index (χ1v) is 17.4. The van der Waals surface area contributed by atoms with Crippen molar-refractivity contribution in [2.24, 2.45) is 29.6 Å². The molecule has 2 bridgehead atoms. The van der Waals surface area contributed by atoms with Crippen molar-refractivity contribution in [3.05, 3.63) is 25.3 Å². The minimum atomic E-state index is -1.19. The number of hydrogen-bond acceptors (Lipinski definition) is 5. The topological polar surface area (TPSA) is 137 Å². The van der Waals surface area contributed by atoms with Crippen molar-refractivity contribution in [1.29, 1.82) is 0 Å². The van der Waals surface area contributed by atoms with Crippen LogP contribution in [-0.4, -0.2) is 76.0 Å². The lowest BCUT2D eigenvalue weighted by Crippen LogP contribution is -2.61. The molecule has 5 aliphatic rings. The summed E-state index contributed by atoms with van der Waals surface area (Å²) in [5.74, 6) is -2.26. The van der Waals surface area contributed by atoms with E-state index in [1.165, 1.54) is 11.3 Å². The van der Waals surface area contributed by atoms with Crippen LogP contribution in [0.1, 0.15) is 77.0 Å². The number of halogens is 2. The first kappa shape index (κ1) is 33.8. The lowest BCUT2D eigenvalue weighted by molar-refractivity contribution is -0.144. The van der Waals surface area contributed by atoms with Gasteiger partial charge in [0, 0.05) is 31.0 Å². The van der Waals surface area contributed by atoms with Gasteiger partial charge in [-0.25, -0.2) is 4.79 Å². The fourth-order valence-corrected chi connectivity index (χ4v) is 9.10. The molecule has 12 heteroatoms. The summed E-state index contributed by atoms with van der Waals surface area (Å²) in [6.45, 7) is 7.72. The highest BCUT2D eigenvalue weighted by Crippen LogP contribution is 2.65. The Morgan fingerprint density at radius 2 is 1.67 bits per heavy atom. The molecule has 8 atom stereocenters. The van der Waals surface area contributed by atoms with Crippen LogP contribution >= 0.6 is 23.2 Å². The molecule has 1 saturated heterocycles. The van der Waals surface area contributed by atoms with Gasteiger partial charge in [0.05, 0.1) is 6.04 Å². The van der Waals surface area contributed by atoms with Gasteiger partial charge in [0.25, 0.3) is 5.91 Å². The Balaban J connectivity index is 1.31. The second-order valence-electron chi connectivity index (χ2n) is 13.6. The van der Waals surface area contributed by atoms with Crippen LogP contribution in [0, 0.1) is 29.6 Å². The fourth-order valence-electron chi connectivity index (χ4n) is 8.28. The first-order chi connectivity index (χ1) is 21.6. The lowest BCUT2D eigenvalue weighted by Gasteiger charge is -2.37. The first-order valence-electron chi connectivity index (χ1n) is 16.7. The van der Waals surface area contributed by atoms with Crippen LogP contribution in [0.2, 0.25) is 0 Å². The summed E-state index contributed by atoms with van der Waals surface area (Å²) in [7, 11) is 0. The largest absolute Gasteiger partial charge is 0.349 e. The maximum absolute atomic E-state index is 14.3. The highest BCUT2D eigenvalue weighted by Gasteiger charge is 2.74. The van der Waals surface area contributed by atoms with Gasteiger partial charge in [-0.2, -0.15) is 0 Å². The molecule has 10 nitrogen and oxygen atoms in total. The van der Waals surface area contributed by atoms with E-state index in [1.807, 2.05) is 0 Å². The van der Waals surface area contributed by atoms with Crippen LogP contribution in [0.5, 0.6) is 0 Å². The molecule has 248 valence electrons. The van der Waals surface area contributed by atoms with E-state index in [9.17, 15) is 24.0 Å². The summed E-state index contributed by atoms with van der Waals surface area (Å²) >= 11 is 13.2. The second kappa shape index (κ2) is 14.4. The number of carbonyl (C=O) groups is 5. The molecule has 5 amide bonds. The number of likely N-dealkylation sites (tertiary alicyclic amines) is 1. The van der Waals surface area contributed by atoms with E-state index in [1.54, 1.807) is 12.2 Å². The molecule has 4 aliphatic carbocycles. The summed E-state index contributed by atoms with van der Waals surface area (Å²) in [5, 5.41) is 11.5. The molecule has 3 unspecified atom stereocenters. The minimum absolute atomic E-state index is 0.0596. The van der Waals surface area contributed by atoms with Gasteiger partial charge in [-0.15, -0.1) is 36.4 Å². The molecule has 4 saturated carbocycles. The van der Waals surface area contributed by atoms with Crippen molar-refractivity contribution in [1.82, 2.24) is 26.2 Å². The van der Waals surface area contributed by atoms with Crippen LogP contribution in [-0.2, 0) is 19.2 Å². The second-order valence-corrected chi connectivity index (χ2v) is 15.1. The Labute approximate surface area is 275 Å². The summed E-state index contributed by atoms with van der Waals surface area (Å²) in [4.78, 5) is 68.7. The number of alkyl halides is 2. The highest BCUT2D eigenvalue weighted by molar-refractivity contribution is 6.51. The molecule has 5 rings (SSSR count). The van der Waals surface area contributed by atoms with Crippen LogP contribution < -0.4 is 21.3 Å². The molecular formula is C33H47Cl2N5O5. The van der Waals surface area contributed by atoms with Crippen LogP contribution in [0.25, 0.3) is 0 Å². The average Bonchev–Trinajstić information content (AvgIpc) is 3.54. The van der Waals surface area contributed by atoms with E-state index in [4.69, 9.17) is 23.2 Å². The monoisotopic (exact) mass is 663 g/mol. The highest BCUT2D eigenvalue weighted by atomic mass is 35.5. The molecule has 1 aliphatic heterocycles. The third-order valence-electron chi connectivity index (χ3n) is 10.8. The number of nitrogens with zero attached hydrogens (tertiary/aromatic N) is 1. The zero-order valence-corrected chi connectivity index (χ0v) is 27.4. The number of Topliss-reactive ketones (excluding diaryl/α,β-unsaturated/α-hetero) is 1.